The number of sulfone groups is 1. The molecule has 2 aliphatic rings. The van der Waals surface area contributed by atoms with Crippen molar-refractivity contribution in [3.05, 3.63) is 35.9 Å². The van der Waals surface area contributed by atoms with Crippen LogP contribution in [0.2, 0.25) is 0 Å². The number of rotatable bonds is 4. The van der Waals surface area contributed by atoms with E-state index in [9.17, 15) is 13.2 Å². The van der Waals surface area contributed by atoms with Crippen LogP contribution in [-0.4, -0.2) is 47.2 Å². The van der Waals surface area contributed by atoms with Gasteiger partial charge in [-0.05, 0) is 12.0 Å². The van der Waals surface area contributed by atoms with Gasteiger partial charge in [-0.25, -0.2) is 8.42 Å². The molecular formula is C16H20N2O3S2. The van der Waals surface area contributed by atoms with Gasteiger partial charge in [-0.15, -0.1) is 0 Å². The second kappa shape index (κ2) is 6.65. The number of amidine groups is 1. The molecule has 1 amide bonds. The molecule has 23 heavy (non-hydrogen) atoms. The number of aliphatic imine (C=N–C) groups is 1. The van der Waals surface area contributed by atoms with Gasteiger partial charge in [-0.1, -0.05) is 49.0 Å². The summed E-state index contributed by atoms with van der Waals surface area (Å²) < 4.78 is 23.9. The molecule has 0 bridgehead atoms. The summed E-state index contributed by atoms with van der Waals surface area (Å²) in [6.07, 6.45) is 1.19. The highest BCUT2D eigenvalue weighted by Gasteiger charge is 2.48. The number of hydrogen-bond donors (Lipinski definition) is 0. The number of hydrogen-bond acceptors (Lipinski definition) is 4. The molecule has 0 spiro atoms. The lowest BCUT2D eigenvalue weighted by atomic mass is 10.1. The van der Waals surface area contributed by atoms with Gasteiger partial charge in [-0.2, -0.15) is 4.99 Å². The molecule has 124 valence electrons. The highest BCUT2D eigenvalue weighted by molar-refractivity contribution is 8.15. The van der Waals surface area contributed by atoms with Crippen molar-refractivity contribution < 1.29 is 13.2 Å². The Kier molecular flexibility index (Phi) is 4.77. The topological polar surface area (TPSA) is 66.8 Å². The Hall–Kier alpha value is -1.34. The SMILES string of the molecule is CCCC(=O)N=C1S[C@H]2CS(=O)(=O)C[C@H]2N1Cc1ccccc1. The zero-order chi connectivity index (χ0) is 16.4. The third-order valence-electron chi connectivity index (χ3n) is 4.05. The maximum atomic E-state index is 11.9. The summed E-state index contributed by atoms with van der Waals surface area (Å²) in [5.41, 5.74) is 1.09. The minimum absolute atomic E-state index is 0.0168. The van der Waals surface area contributed by atoms with Crippen molar-refractivity contribution in [2.45, 2.75) is 37.6 Å². The number of carbonyl (C=O) groups is 1. The Labute approximate surface area is 141 Å². The quantitative estimate of drug-likeness (QED) is 0.830. The Morgan fingerprint density at radius 2 is 2.04 bits per heavy atom. The zero-order valence-corrected chi connectivity index (χ0v) is 14.6. The van der Waals surface area contributed by atoms with E-state index in [0.717, 1.165) is 12.0 Å². The fraction of sp³-hybridized carbons (Fsp3) is 0.500. The normalized spacial score (nSPS) is 27.3. The Morgan fingerprint density at radius 1 is 1.30 bits per heavy atom. The van der Waals surface area contributed by atoms with E-state index in [1.807, 2.05) is 42.2 Å². The number of amides is 1. The first-order valence-electron chi connectivity index (χ1n) is 7.77. The number of benzene rings is 1. The Bertz CT molecular complexity index is 716. The monoisotopic (exact) mass is 352 g/mol. The van der Waals surface area contributed by atoms with E-state index < -0.39 is 9.84 Å². The smallest absolute Gasteiger partial charge is 0.248 e. The molecule has 1 aromatic carbocycles. The predicted octanol–water partition coefficient (Wildman–Crippen LogP) is 2.08. The van der Waals surface area contributed by atoms with Crippen molar-refractivity contribution in [2.75, 3.05) is 11.5 Å². The summed E-state index contributed by atoms with van der Waals surface area (Å²) in [6.45, 7) is 2.53. The summed E-state index contributed by atoms with van der Waals surface area (Å²) in [5, 5.41) is 0.661. The van der Waals surface area contributed by atoms with E-state index in [-0.39, 0.29) is 28.7 Å². The van der Waals surface area contributed by atoms with Crippen LogP contribution in [0.3, 0.4) is 0 Å². The second-order valence-electron chi connectivity index (χ2n) is 5.95. The fourth-order valence-electron chi connectivity index (χ4n) is 2.98. The van der Waals surface area contributed by atoms with Crippen molar-refractivity contribution in [3.8, 4) is 0 Å². The van der Waals surface area contributed by atoms with Crippen LogP contribution < -0.4 is 0 Å². The van der Waals surface area contributed by atoms with Crippen LogP contribution in [0.1, 0.15) is 25.3 Å². The maximum absolute atomic E-state index is 11.9. The van der Waals surface area contributed by atoms with E-state index in [2.05, 4.69) is 4.99 Å². The second-order valence-corrected chi connectivity index (χ2v) is 9.31. The minimum atomic E-state index is -3.00. The first-order valence-corrected chi connectivity index (χ1v) is 10.5. The first-order chi connectivity index (χ1) is 11.0. The van der Waals surface area contributed by atoms with Gasteiger partial charge in [0.25, 0.3) is 0 Å². The third kappa shape index (κ3) is 3.77. The highest BCUT2D eigenvalue weighted by atomic mass is 32.2. The van der Waals surface area contributed by atoms with Gasteiger partial charge in [-0.3, -0.25) is 4.79 Å². The first kappa shape index (κ1) is 16.5. The van der Waals surface area contributed by atoms with Gasteiger partial charge in [0.2, 0.25) is 5.91 Å². The van der Waals surface area contributed by atoms with Gasteiger partial charge in [0, 0.05) is 18.2 Å². The summed E-state index contributed by atoms with van der Waals surface area (Å²) in [6, 6.07) is 9.80. The Balaban J connectivity index is 1.86. The van der Waals surface area contributed by atoms with Crippen LogP contribution in [-0.2, 0) is 21.2 Å². The molecule has 0 aliphatic carbocycles. The highest BCUT2D eigenvalue weighted by Crippen LogP contribution is 2.39. The molecule has 7 heteroatoms. The van der Waals surface area contributed by atoms with E-state index in [4.69, 9.17) is 0 Å². The zero-order valence-electron chi connectivity index (χ0n) is 13.0. The molecule has 2 saturated heterocycles. The molecular weight excluding hydrogens is 332 g/mol. The van der Waals surface area contributed by atoms with Crippen molar-refractivity contribution in [2.24, 2.45) is 4.99 Å². The molecule has 2 fully saturated rings. The van der Waals surface area contributed by atoms with Crippen LogP contribution in [0.4, 0.5) is 0 Å². The van der Waals surface area contributed by atoms with E-state index in [1.54, 1.807) is 0 Å². The summed E-state index contributed by atoms with van der Waals surface area (Å²) in [7, 11) is -3.00. The number of thioether (sulfide) groups is 1. The van der Waals surface area contributed by atoms with E-state index in [1.165, 1.54) is 11.8 Å². The summed E-state index contributed by atoms with van der Waals surface area (Å²) in [5.74, 6) is 0.198. The molecule has 2 atom stereocenters. The average molecular weight is 352 g/mol. The lowest BCUT2D eigenvalue weighted by molar-refractivity contribution is -0.117. The van der Waals surface area contributed by atoms with E-state index >= 15 is 0 Å². The molecule has 3 rings (SSSR count). The lowest BCUT2D eigenvalue weighted by Gasteiger charge is -2.24. The van der Waals surface area contributed by atoms with Crippen molar-refractivity contribution in [3.63, 3.8) is 0 Å². The largest absolute Gasteiger partial charge is 0.342 e. The van der Waals surface area contributed by atoms with Gasteiger partial charge in [0.15, 0.2) is 15.0 Å². The summed E-state index contributed by atoms with van der Waals surface area (Å²) in [4.78, 5) is 18.1. The van der Waals surface area contributed by atoms with E-state index in [0.29, 0.717) is 18.1 Å². The van der Waals surface area contributed by atoms with Crippen LogP contribution in [0.5, 0.6) is 0 Å². The molecule has 1 aromatic rings. The van der Waals surface area contributed by atoms with Crippen LogP contribution in [0.15, 0.2) is 35.3 Å². The van der Waals surface area contributed by atoms with Crippen molar-refractivity contribution >= 4 is 32.7 Å². The molecule has 2 aliphatic heterocycles. The Morgan fingerprint density at radius 3 is 2.74 bits per heavy atom. The van der Waals surface area contributed by atoms with Gasteiger partial charge in [0.1, 0.15) is 0 Å². The van der Waals surface area contributed by atoms with Crippen LogP contribution in [0, 0.1) is 0 Å². The molecule has 0 unspecified atom stereocenters. The fourth-order valence-corrected chi connectivity index (χ4v) is 6.95. The van der Waals surface area contributed by atoms with Crippen molar-refractivity contribution in [1.29, 1.82) is 0 Å². The molecule has 0 radical (unpaired) electrons. The summed E-state index contributed by atoms with van der Waals surface area (Å²) >= 11 is 1.44. The maximum Gasteiger partial charge on any atom is 0.248 e. The van der Waals surface area contributed by atoms with Crippen molar-refractivity contribution in [1.82, 2.24) is 4.90 Å². The molecule has 0 N–H and O–H groups in total. The predicted molar refractivity (Wildman–Crippen MR) is 93.2 cm³/mol. The van der Waals surface area contributed by atoms with Crippen LogP contribution in [0.25, 0.3) is 0 Å². The van der Waals surface area contributed by atoms with Gasteiger partial charge < -0.3 is 4.90 Å². The molecule has 5 nitrogen and oxygen atoms in total. The number of fused-ring (bicyclic) bond motifs is 1. The molecule has 0 aromatic heterocycles. The molecule has 0 saturated carbocycles. The number of carbonyl (C=O) groups excluding carboxylic acids is 1. The van der Waals surface area contributed by atoms with Gasteiger partial charge in [0.05, 0.1) is 17.5 Å². The average Bonchev–Trinajstić information content (AvgIpc) is 2.94. The van der Waals surface area contributed by atoms with Crippen LogP contribution >= 0.6 is 11.8 Å². The van der Waals surface area contributed by atoms with Gasteiger partial charge >= 0.3 is 0 Å². The number of nitrogens with zero attached hydrogens (tertiary/aromatic N) is 2. The standard InChI is InChI=1S/C16H20N2O3S2/c1-2-6-15(19)17-16-18(9-12-7-4-3-5-8-12)13-10-23(20,21)11-14(13)22-16/h3-5,7-8,13-14H,2,6,9-11H2,1H3/t13-,14+/m1/s1. The third-order valence-corrected chi connectivity index (χ3v) is 7.30. The lowest BCUT2D eigenvalue weighted by Crippen LogP contribution is -2.37. The minimum Gasteiger partial charge on any atom is -0.342 e. The molecule has 2 heterocycles.